The van der Waals surface area contributed by atoms with Crippen LogP contribution in [-0.2, 0) is 0 Å². The first-order valence-corrected chi connectivity index (χ1v) is 4.11. The van der Waals surface area contributed by atoms with Gasteiger partial charge in [0.15, 0.2) is 5.75 Å². The lowest BCUT2D eigenvalue weighted by molar-refractivity contribution is 0.437. The van der Waals surface area contributed by atoms with Crippen LogP contribution in [0.5, 0.6) is 11.8 Å². The molecule has 0 bridgehead atoms. The summed E-state index contributed by atoms with van der Waals surface area (Å²) in [4.78, 5) is 6.12. The van der Waals surface area contributed by atoms with Gasteiger partial charge in [-0.1, -0.05) is 23.2 Å². The Morgan fingerprint density at radius 2 is 2.00 bits per heavy atom. The normalized spacial score (nSPS) is 10.9. The number of aromatic nitrogens is 2. The molecule has 0 spiro atoms. The van der Waals surface area contributed by atoms with Crippen molar-refractivity contribution in [3.63, 3.8) is 0 Å². The van der Waals surface area contributed by atoms with E-state index in [2.05, 4.69) is 9.97 Å². The van der Waals surface area contributed by atoms with E-state index >= 15 is 0 Å². The molecule has 0 saturated carbocycles. The number of hydrogen-bond acceptors (Lipinski definition) is 3. The van der Waals surface area contributed by atoms with E-state index in [9.17, 15) is 5.11 Å². The number of hydrogen-bond donors (Lipinski definition) is 3. The van der Waals surface area contributed by atoms with Gasteiger partial charge in [-0.15, -0.1) is 0 Å². The Balaban J connectivity index is 2.92. The summed E-state index contributed by atoms with van der Waals surface area (Å²) in [5.41, 5.74) is 0.635. The zero-order valence-electron chi connectivity index (χ0n) is 6.17. The van der Waals surface area contributed by atoms with E-state index in [-0.39, 0.29) is 27.3 Å². The number of phenols is 1. The number of imidazole rings is 1. The predicted molar refractivity (Wildman–Crippen MR) is 49.4 cm³/mol. The molecule has 0 atom stereocenters. The van der Waals surface area contributed by atoms with Crippen molar-refractivity contribution in [2.75, 3.05) is 0 Å². The summed E-state index contributed by atoms with van der Waals surface area (Å²) < 4.78 is 0. The van der Waals surface area contributed by atoms with Gasteiger partial charge in [-0.05, 0) is 6.07 Å². The minimum absolute atomic E-state index is 0.0396. The number of halogens is 2. The molecule has 3 N–H and O–H groups in total. The first-order valence-electron chi connectivity index (χ1n) is 3.35. The van der Waals surface area contributed by atoms with Crippen molar-refractivity contribution in [3.8, 4) is 11.8 Å². The standard InChI is InChI=1S/C7H4Cl2N2O2/c8-2-1-3-5(6(12)4(2)9)11-7(13)10-3/h1,12H,(H2,10,11,13). The molecule has 1 aromatic heterocycles. The lowest BCUT2D eigenvalue weighted by Gasteiger charge is -1.98. The molecule has 0 fully saturated rings. The minimum atomic E-state index is -0.288. The number of nitrogens with zero attached hydrogens (tertiary/aromatic N) is 1. The molecule has 0 aliphatic rings. The fourth-order valence-corrected chi connectivity index (χ4v) is 1.41. The van der Waals surface area contributed by atoms with Gasteiger partial charge >= 0.3 is 0 Å². The van der Waals surface area contributed by atoms with Crippen LogP contribution in [0.4, 0.5) is 0 Å². The van der Waals surface area contributed by atoms with Crippen LogP contribution in [0.2, 0.25) is 10.0 Å². The van der Waals surface area contributed by atoms with Crippen molar-refractivity contribution in [2.24, 2.45) is 0 Å². The maximum absolute atomic E-state index is 9.45. The summed E-state index contributed by atoms with van der Waals surface area (Å²) in [6.45, 7) is 0. The minimum Gasteiger partial charge on any atom is -0.504 e. The second kappa shape index (κ2) is 2.68. The average Bonchev–Trinajstić information content (AvgIpc) is 2.42. The highest BCUT2D eigenvalue weighted by molar-refractivity contribution is 6.43. The topological polar surface area (TPSA) is 69.1 Å². The second-order valence-electron chi connectivity index (χ2n) is 2.48. The Morgan fingerprint density at radius 3 is 2.69 bits per heavy atom. The number of aromatic hydroxyl groups is 2. The number of H-pyrrole nitrogens is 1. The van der Waals surface area contributed by atoms with Crippen LogP contribution < -0.4 is 0 Å². The second-order valence-corrected chi connectivity index (χ2v) is 3.26. The van der Waals surface area contributed by atoms with Gasteiger partial charge in [0.25, 0.3) is 6.01 Å². The van der Waals surface area contributed by atoms with Gasteiger partial charge in [0.05, 0.1) is 10.5 Å². The number of aromatic amines is 1. The Morgan fingerprint density at radius 1 is 1.31 bits per heavy atom. The lowest BCUT2D eigenvalue weighted by Crippen LogP contribution is -1.75. The van der Waals surface area contributed by atoms with Crippen molar-refractivity contribution in [2.45, 2.75) is 0 Å². The van der Waals surface area contributed by atoms with Crippen LogP contribution in [0.25, 0.3) is 11.0 Å². The van der Waals surface area contributed by atoms with Crippen LogP contribution in [0.1, 0.15) is 0 Å². The summed E-state index contributed by atoms with van der Waals surface area (Å²) in [6.07, 6.45) is 0. The molecule has 0 saturated heterocycles. The molecule has 0 radical (unpaired) electrons. The Labute approximate surface area is 82.7 Å². The molecule has 0 aliphatic heterocycles. The molecule has 1 heterocycles. The molecule has 2 aromatic rings. The third kappa shape index (κ3) is 1.18. The Hall–Kier alpha value is -1.13. The molecule has 2 rings (SSSR count). The van der Waals surface area contributed by atoms with Gasteiger partial charge in [0.2, 0.25) is 0 Å². The fraction of sp³-hybridized carbons (Fsp3) is 0. The van der Waals surface area contributed by atoms with Crippen molar-refractivity contribution >= 4 is 34.2 Å². The van der Waals surface area contributed by atoms with E-state index in [0.29, 0.717) is 5.52 Å². The summed E-state index contributed by atoms with van der Waals surface area (Å²) >= 11 is 11.3. The molecular formula is C7H4Cl2N2O2. The molecule has 1 aromatic carbocycles. The van der Waals surface area contributed by atoms with E-state index in [4.69, 9.17) is 28.3 Å². The van der Waals surface area contributed by atoms with Crippen molar-refractivity contribution in [1.29, 1.82) is 0 Å². The Kier molecular flexibility index (Phi) is 1.75. The third-order valence-electron chi connectivity index (χ3n) is 1.64. The van der Waals surface area contributed by atoms with Gasteiger partial charge in [0.1, 0.15) is 10.5 Å². The summed E-state index contributed by atoms with van der Waals surface area (Å²) in [6, 6.07) is 1.17. The number of benzene rings is 1. The third-order valence-corrected chi connectivity index (χ3v) is 2.41. The van der Waals surface area contributed by atoms with Gasteiger partial charge in [-0.3, -0.25) is 0 Å². The molecule has 6 heteroatoms. The first kappa shape index (κ1) is 8.47. The maximum atomic E-state index is 9.45. The van der Waals surface area contributed by atoms with Crippen molar-refractivity contribution < 1.29 is 10.2 Å². The smallest absolute Gasteiger partial charge is 0.292 e. The maximum Gasteiger partial charge on any atom is 0.292 e. The highest BCUT2D eigenvalue weighted by Crippen LogP contribution is 2.37. The van der Waals surface area contributed by atoms with Gasteiger partial charge in [0, 0.05) is 0 Å². The van der Waals surface area contributed by atoms with Crippen molar-refractivity contribution in [1.82, 2.24) is 9.97 Å². The van der Waals surface area contributed by atoms with Gasteiger partial charge in [-0.2, -0.15) is 4.98 Å². The van der Waals surface area contributed by atoms with Crippen LogP contribution in [0.3, 0.4) is 0 Å². The average molecular weight is 219 g/mol. The highest BCUT2D eigenvalue weighted by Gasteiger charge is 2.12. The highest BCUT2D eigenvalue weighted by atomic mass is 35.5. The summed E-state index contributed by atoms with van der Waals surface area (Å²) in [5, 5.41) is 18.7. The van der Waals surface area contributed by atoms with E-state index in [0.717, 1.165) is 0 Å². The number of phenolic OH excluding ortho intramolecular Hbond substituents is 1. The molecule has 4 nitrogen and oxygen atoms in total. The number of fused-ring (bicyclic) bond motifs is 1. The molecule has 0 unspecified atom stereocenters. The van der Waals surface area contributed by atoms with E-state index in [1.807, 2.05) is 0 Å². The number of rotatable bonds is 0. The molecule has 13 heavy (non-hydrogen) atoms. The fourth-order valence-electron chi connectivity index (χ4n) is 1.06. The zero-order valence-corrected chi connectivity index (χ0v) is 7.69. The number of nitrogens with one attached hydrogen (secondary N) is 1. The molecule has 68 valence electrons. The van der Waals surface area contributed by atoms with Crippen LogP contribution in [0.15, 0.2) is 6.07 Å². The molecular weight excluding hydrogens is 215 g/mol. The first-order chi connectivity index (χ1) is 6.09. The van der Waals surface area contributed by atoms with Gasteiger partial charge in [-0.25, -0.2) is 0 Å². The predicted octanol–water partition coefficient (Wildman–Crippen LogP) is 2.28. The Bertz CT molecular complexity index is 481. The summed E-state index contributed by atoms with van der Waals surface area (Å²) in [5.74, 6) is -0.211. The quantitative estimate of drug-likeness (QED) is 0.636. The van der Waals surface area contributed by atoms with Crippen LogP contribution in [-0.4, -0.2) is 20.2 Å². The van der Waals surface area contributed by atoms with E-state index in [1.165, 1.54) is 6.07 Å². The largest absolute Gasteiger partial charge is 0.504 e. The SMILES string of the molecule is Oc1nc2cc(Cl)c(Cl)c(O)c2[nH]1. The summed E-state index contributed by atoms with van der Waals surface area (Å²) in [7, 11) is 0. The lowest BCUT2D eigenvalue weighted by atomic mass is 10.3. The molecule has 0 aliphatic carbocycles. The van der Waals surface area contributed by atoms with Crippen molar-refractivity contribution in [3.05, 3.63) is 16.1 Å². The zero-order chi connectivity index (χ0) is 9.59. The van der Waals surface area contributed by atoms with Crippen LogP contribution in [0, 0.1) is 0 Å². The van der Waals surface area contributed by atoms with Gasteiger partial charge < -0.3 is 15.2 Å². The molecule has 0 amide bonds. The van der Waals surface area contributed by atoms with E-state index in [1.54, 1.807) is 0 Å². The monoisotopic (exact) mass is 218 g/mol. The van der Waals surface area contributed by atoms with E-state index < -0.39 is 0 Å². The van der Waals surface area contributed by atoms with Crippen LogP contribution >= 0.6 is 23.2 Å².